The van der Waals surface area contributed by atoms with Crippen LogP contribution in [-0.4, -0.2) is 13.4 Å². The van der Waals surface area contributed by atoms with Gasteiger partial charge >= 0.3 is 6.18 Å². The summed E-state index contributed by atoms with van der Waals surface area (Å²) in [6, 6.07) is 20.1. The van der Waals surface area contributed by atoms with Crippen LogP contribution in [0.15, 0.2) is 83.8 Å². The largest absolute Gasteiger partial charge is 0.416 e. The molecule has 4 aromatic rings. The number of hydrogen-bond donors (Lipinski definition) is 2. The van der Waals surface area contributed by atoms with Gasteiger partial charge in [0.1, 0.15) is 0 Å². The number of benzene rings is 3. The van der Waals surface area contributed by atoms with Crippen molar-refractivity contribution in [2.45, 2.75) is 11.1 Å². The molecule has 1 aromatic heterocycles. The van der Waals surface area contributed by atoms with Crippen molar-refractivity contribution in [2.75, 3.05) is 4.72 Å². The molecule has 1 heterocycles. The Morgan fingerprint density at radius 3 is 2.31 bits per heavy atom. The summed E-state index contributed by atoms with van der Waals surface area (Å²) in [5.74, 6) is 0. The van der Waals surface area contributed by atoms with Crippen LogP contribution in [0.3, 0.4) is 0 Å². The monoisotopic (exact) mass is 416 g/mol. The zero-order valence-electron chi connectivity index (χ0n) is 14.9. The molecule has 0 atom stereocenters. The number of H-pyrrole nitrogens is 1. The molecule has 0 aliphatic carbocycles. The number of anilines is 1. The Hall–Kier alpha value is -3.26. The molecule has 0 saturated heterocycles. The summed E-state index contributed by atoms with van der Waals surface area (Å²) < 4.78 is 66.1. The molecule has 0 aliphatic rings. The summed E-state index contributed by atoms with van der Waals surface area (Å²) in [4.78, 5) is 2.77. The van der Waals surface area contributed by atoms with Gasteiger partial charge in [0.25, 0.3) is 10.0 Å². The van der Waals surface area contributed by atoms with Crippen molar-refractivity contribution in [2.24, 2.45) is 0 Å². The van der Waals surface area contributed by atoms with Crippen LogP contribution in [0, 0.1) is 0 Å². The normalized spacial score (nSPS) is 12.2. The van der Waals surface area contributed by atoms with Gasteiger partial charge in [-0.05, 0) is 42.0 Å². The number of hydrogen-bond acceptors (Lipinski definition) is 2. The summed E-state index contributed by atoms with van der Waals surface area (Å²) in [5.41, 5.74) is 1.78. The van der Waals surface area contributed by atoms with E-state index >= 15 is 0 Å². The first-order chi connectivity index (χ1) is 13.7. The lowest BCUT2D eigenvalue weighted by molar-refractivity contribution is -0.137. The topological polar surface area (TPSA) is 62.0 Å². The maximum absolute atomic E-state index is 12.9. The van der Waals surface area contributed by atoms with Crippen LogP contribution in [0.1, 0.15) is 5.56 Å². The van der Waals surface area contributed by atoms with Crippen molar-refractivity contribution in [3.05, 3.63) is 84.4 Å². The highest BCUT2D eigenvalue weighted by Crippen LogP contribution is 2.31. The molecule has 0 unspecified atom stereocenters. The number of sulfonamides is 1. The molecule has 0 aliphatic heterocycles. The van der Waals surface area contributed by atoms with Crippen molar-refractivity contribution in [3.8, 4) is 11.3 Å². The van der Waals surface area contributed by atoms with Gasteiger partial charge in [0.05, 0.1) is 16.1 Å². The van der Waals surface area contributed by atoms with Crippen LogP contribution in [0.4, 0.5) is 18.9 Å². The van der Waals surface area contributed by atoms with E-state index < -0.39 is 26.7 Å². The number of aromatic amines is 1. The van der Waals surface area contributed by atoms with Gasteiger partial charge in [-0.1, -0.05) is 42.5 Å². The predicted molar refractivity (Wildman–Crippen MR) is 106 cm³/mol. The minimum atomic E-state index is -4.62. The van der Waals surface area contributed by atoms with Crippen molar-refractivity contribution in [1.82, 2.24) is 4.98 Å². The molecule has 0 spiro atoms. The van der Waals surface area contributed by atoms with Gasteiger partial charge < -0.3 is 4.98 Å². The summed E-state index contributed by atoms with van der Waals surface area (Å²) in [5, 5.41) is 0.880. The van der Waals surface area contributed by atoms with E-state index in [0.717, 1.165) is 34.8 Å². The molecule has 0 radical (unpaired) electrons. The molecule has 29 heavy (non-hydrogen) atoms. The van der Waals surface area contributed by atoms with E-state index in [1.165, 1.54) is 0 Å². The lowest BCUT2D eigenvalue weighted by Crippen LogP contribution is -2.14. The van der Waals surface area contributed by atoms with Crippen LogP contribution in [0.25, 0.3) is 22.2 Å². The molecule has 8 heteroatoms. The van der Waals surface area contributed by atoms with E-state index in [0.29, 0.717) is 11.6 Å². The Kier molecular flexibility index (Phi) is 4.58. The molecule has 3 aromatic carbocycles. The third-order valence-corrected chi connectivity index (χ3v) is 5.81. The average Bonchev–Trinajstić information content (AvgIpc) is 3.11. The van der Waals surface area contributed by atoms with Crippen LogP contribution in [0.2, 0.25) is 0 Å². The van der Waals surface area contributed by atoms with Gasteiger partial charge in [0, 0.05) is 16.6 Å². The third kappa shape index (κ3) is 3.97. The fourth-order valence-corrected chi connectivity index (χ4v) is 4.11. The van der Waals surface area contributed by atoms with Crippen molar-refractivity contribution in [3.63, 3.8) is 0 Å². The minimum absolute atomic E-state index is 0.247. The number of rotatable bonds is 4. The molecule has 0 fully saturated rings. The van der Waals surface area contributed by atoms with Gasteiger partial charge in [0.2, 0.25) is 0 Å². The Bertz CT molecular complexity index is 1280. The molecular formula is C21H15F3N2O2S. The molecule has 4 nitrogen and oxygen atoms in total. The highest BCUT2D eigenvalue weighted by molar-refractivity contribution is 7.92. The number of halogens is 3. The second-order valence-electron chi connectivity index (χ2n) is 6.48. The smallest absolute Gasteiger partial charge is 0.354 e. The highest BCUT2D eigenvalue weighted by atomic mass is 32.2. The van der Waals surface area contributed by atoms with E-state index in [2.05, 4.69) is 9.71 Å². The first-order valence-electron chi connectivity index (χ1n) is 8.61. The molecule has 4 rings (SSSR count). The predicted octanol–water partition coefficient (Wildman–Crippen LogP) is 5.65. The number of fused-ring (bicyclic) bond motifs is 1. The molecule has 148 valence electrons. The van der Waals surface area contributed by atoms with Crippen LogP contribution in [-0.2, 0) is 16.2 Å². The third-order valence-electron chi connectivity index (χ3n) is 4.43. The second kappa shape index (κ2) is 6.97. The summed E-state index contributed by atoms with van der Waals surface area (Å²) >= 11 is 0. The van der Waals surface area contributed by atoms with Crippen LogP contribution < -0.4 is 4.72 Å². The van der Waals surface area contributed by atoms with Crippen molar-refractivity contribution >= 4 is 26.6 Å². The quantitative estimate of drug-likeness (QED) is 0.451. The van der Waals surface area contributed by atoms with Crippen LogP contribution in [0.5, 0.6) is 0 Å². The Morgan fingerprint density at radius 1 is 0.828 bits per heavy atom. The van der Waals surface area contributed by atoms with Gasteiger partial charge in [0.15, 0.2) is 0 Å². The first-order valence-corrected chi connectivity index (χ1v) is 10.1. The molecular weight excluding hydrogens is 401 g/mol. The van der Waals surface area contributed by atoms with E-state index in [-0.39, 0.29) is 5.69 Å². The zero-order chi connectivity index (χ0) is 20.6. The number of nitrogens with one attached hydrogen (secondary N) is 2. The van der Waals surface area contributed by atoms with Gasteiger partial charge in [-0.2, -0.15) is 13.2 Å². The summed E-state index contributed by atoms with van der Waals surface area (Å²) in [6.45, 7) is 0. The fraction of sp³-hybridized carbons (Fsp3) is 0.0476. The van der Waals surface area contributed by atoms with E-state index in [4.69, 9.17) is 0 Å². The molecule has 2 N–H and O–H groups in total. The Balaban J connectivity index is 1.65. The lowest BCUT2D eigenvalue weighted by atomic mass is 10.1. The van der Waals surface area contributed by atoms with Gasteiger partial charge in [-0.3, -0.25) is 4.72 Å². The van der Waals surface area contributed by atoms with Crippen molar-refractivity contribution in [1.29, 1.82) is 0 Å². The SMILES string of the molecule is O=S(=O)(Nc1ccc2cc(-c3ccccc3)[nH]c2c1)c1cccc(C(F)(F)F)c1. The highest BCUT2D eigenvalue weighted by Gasteiger charge is 2.31. The maximum Gasteiger partial charge on any atom is 0.416 e. The van der Waals surface area contributed by atoms with Gasteiger partial charge in [-0.15, -0.1) is 0 Å². The van der Waals surface area contributed by atoms with E-state index in [9.17, 15) is 21.6 Å². The lowest BCUT2D eigenvalue weighted by Gasteiger charge is -2.11. The van der Waals surface area contributed by atoms with E-state index in [1.807, 2.05) is 36.4 Å². The minimum Gasteiger partial charge on any atom is -0.354 e. The van der Waals surface area contributed by atoms with Crippen molar-refractivity contribution < 1.29 is 21.6 Å². The Labute approximate surface area is 165 Å². The maximum atomic E-state index is 12.9. The molecule has 0 saturated carbocycles. The van der Waals surface area contributed by atoms with Crippen LogP contribution >= 0.6 is 0 Å². The zero-order valence-corrected chi connectivity index (χ0v) is 15.7. The molecule has 0 amide bonds. The Morgan fingerprint density at radius 2 is 1.59 bits per heavy atom. The fourth-order valence-electron chi connectivity index (χ4n) is 3.02. The van der Waals surface area contributed by atoms with E-state index in [1.54, 1.807) is 18.2 Å². The number of alkyl halides is 3. The van der Waals surface area contributed by atoms with Gasteiger partial charge in [-0.25, -0.2) is 8.42 Å². The summed E-state index contributed by atoms with van der Waals surface area (Å²) in [6.07, 6.45) is -4.62. The standard InChI is InChI=1S/C21H15F3N2O2S/c22-21(23,24)16-7-4-8-18(12-16)29(27,28)26-17-10-9-15-11-19(25-20(15)13-17)14-5-2-1-3-6-14/h1-13,25-26H. The summed E-state index contributed by atoms with van der Waals surface area (Å²) in [7, 11) is -4.17. The molecule has 0 bridgehead atoms. The average molecular weight is 416 g/mol. The number of aromatic nitrogens is 1. The first kappa shape index (κ1) is 19.1. The second-order valence-corrected chi connectivity index (χ2v) is 8.16.